The molecule has 0 saturated heterocycles. The molecular weight excluding hydrogens is 235 g/mol. The molecule has 1 heterocycles. The summed E-state index contributed by atoms with van der Waals surface area (Å²) in [5.41, 5.74) is 7.07. The Morgan fingerprint density at radius 1 is 1.46 bits per heavy atom. The van der Waals surface area contributed by atoms with Crippen molar-refractivity contribution in [3.8, 4) is 0 Å². The molecule has 0 atom stereocenters. The normalized spacial score (nSPS) is 11.0. The van der Waals surface area contributed by atoms with Crippen LogP contribution in [0.5, 0.6) is 0 Å². The first-order valence-electron chi connectivity index (χ1n) is 3.88. The molecule has 1 aromatic heterocycles. The Kier molecular flexibility index (Phi) is 2.09. The van der Waals surface area contributed by atoms with E-state index in [4.69, 9.17) is 5.73 Å². The van der Waals surface area contributed by atoms with E-state index < -0.39 is 0 Å². The lowest BCUT2D eigenvalue weighted by atomic mass is 10.2. The van der Waals surface area contributed by atoms with E-state index in [9.17, 15) is 4.39 Å². The van der Waals surface area contributed by atoms with E-state index in [-0.39, 0.29) is 5.82 Å². The second-order valence-electron chi connectivity index (χ2n) is 2.78. The smallest absolute Gasteiger partial charge is 0.133 e. The van der Waals surface area contributed by atoms with Crippen LogP contribution in [0.3, 0.4) is 0 Å². The second-order valence-corrected chi connectivity index (χ2v) is 3.58. The van der Waals surface area contributed by atoms with Crippen molar-refractivity contribution in [2.75, 3.05) is 0 Å². The van der Waals surface area contributed by atoms with Gasteiger partial charge in [-0.1, -0.05) is 6.07 Å². The summed E-state index contributed by atoms with van der Waals surface area (Å²) >= 11 is 3.31. The van der Waals surface area contributed by atoms with Gasteiger partial charge in [0, 0.05) is 23.1 Å². The minimum atomic E-state index is -0.236. The molecule has 0 bridgehead atoms. The van der Waals surface area contributed by atoms with Crippen molar-refractivity contribution >= 4 is 26.8 Å². The lowest BCUT2D eigenvalue weighted by Gasteiger charge is -1.92. The Bertz CT molecular complexity index is 450. The van der Waals surface area contributed by atoms with Crippen molar-refractivity contribution in [2.45, 2.75) is 6.54 Å². The van der Waals surface area contributed by atoms with Gasteiger partial charge in [-0.25, -0.2) is 4.39 Å². The maximum absolute atomic E-state index is 13.3. The number of aromatic nitrogens is 1. The first kappa shape index (κ1) is 8.72. The van der Waals surface area contributed by atoms with Gasteiger partial charge in [0.1, 0.15) is 5.82 Å². The minimum absolute atomic E-state index is 0.236. The summed E-state index contributed by atoms with van der Waals surface area (Å²) in [5.74, 6) is -0.236. The maximum Gasteiger partial charge on any atom is 0.133 e. The molecule has 4 heteroatoms. The first-order valence-corrected chi connectivity index (χ1v) is 4.68. The van der Waals surface area contributed by atoms with E-state index in [0.717, 1.165) is 15.7 Å². The molecule has 0 fully saturated rings. The number of nitrogens with one attached hydrogen (secondary N) is 1. The van der Waals surface area contributed by atoms with Crippen molar-refractivity contribution in [1.82, 2.24) is 4.98 Å². The molecule has 0 spiro atoms. The molecule has 68 valence electrons. The van der Waals surface area contributed by atoms with Gasteiger partial charge in [-0.15, -0.1) is 0 Å². The second kappa shape index (κ2) is 3.12. The van der Waals surface area contributed by atoms with E-state index in [0.29, 0.717) is 11.9 Å². The van der Waals surface area contributed by atoms with E-state index in [1.807, 2.05) is 6.07 Å². The van der Waals surface area contributed by atoms with Crippen LogP contribution < -0.4 is 5.73 Å². The standard InChI is InChI=1S/C9H8BrFN2/c10-9-7(4-12)13-6-3-1-2-5(11)8(6)9/h1-3,13H,4,12H2. The number of H-pyrrole nitrogens is 1. The SMILES string of the molecule is NCc1[nH]c2cccc(F)c2c1Br. The Labute approximate surface area is 83.1 Å². The molecule has 2 rings (SSSR count). The third kappa shape index (κ3) is 1.26. The summed E-state index contributed by atoms with van der Waals surface area (Å²) in [6, 6.07) is 4.92. The topological polar surface area (TPSA) is 41.8 Å². The van der Waals surface area contributed by atoms with Gasteiger partial charge in [-0.05, 0) is 28.1 Å². The summed E-state index contributed by atoms with van der Waals surface area (Å²) in [4.78, 5) is 3.04. The van der Waals surface area contributed by atoms with Crippen LogP contribution in [0.15, 0.2) is 22.7 Å². The largest absolute Gasteiger partial charge is 0.356 e. The summed E-state index contributed by atoms with van der Waals surface area (Å²) in [6.45, 7) is 0.370. The quantitative estimate of drug-likeness (QED) is 0.793. The Morgan fingerprint density at radius 2 is 2.23 bits per heavy atom. The molecule has 1 aromatic carbocycles. The van der Waals surface area contributed by atoms with E-state index in [1.165, 1.54) is 6.07 Å². The summed E-state index contributed by atoms with van der Waals surface area (Å²) < 4.78 is 14.0. The van der Waals surface area contributed by atoms with E-state index in [2.05, 4.69) is 20.9 Å². The minimum Gasteiger partial charge on any atom is -0.356 e. The summed E-state index contributed by atoms with van der Waals surface area (Å²) in [6.07, 6.45) is 0. The molecule has 2 nitrogen and oxygen atoms in total. The molecule has 3 N–H and O–H groups in total. The first-order chi connectivity index (χ1) is 6.24. The average molecular weight is 243 g/mol. The van der Waals surface area contributed by atoms with Gasteiger partial charge in [0.25, 0.3) is 0 Å². The molecular formula is C9H8BrFN2. The van der Waals surface area contributed by atoms with Gasteiger partial charge in [0.15, 0.2) is 0 Å². The lowest BCUT2D eigenvalue weighted by Crippen LogP contribution is -1.96. The number of nitrogens with two attached hydrogens (primary N) is 1. The molecule has 0 radical (unpaired) electrons. The molecule has 0 amide bonds. The van der Waals surface area contributed by atoms with Gasteiger partial charge in [-0.3, -0.25) is 0 Å². The van der Waals surface area contributed by atoms with Crippen molar-refractivity contribution in [3.63, 3.8) is 0 Å². The highest BCUT2D eigenvalue weighted by Gasteiger charge is 2.10. The number of rotatable bonds is 1. The summed E-state index contributed by atoms with van der Waals surface area (Å²) in [5, 5.41) is 0.572. The van der Waals surface area contributed by atoms with Crippen molar-refractivity contribution < 1.29 is 4.39 Å². The monoisotopic (exact) mass is 242 g/mol. The highest BCUT2D eigenvalue weighted by molar-refractivity contribution is 9.10. The van der Waals surface area contributed by atoms with Gasteiger partial charge in [-0.2, -0.15) is 0 Å². The van der Waals surface area contributed by atoms with Crippen molar-refractivity contribution in [1.29, 1.82) is 0 Å². The molecule has 2 aromatic rings. The number of halogens is 2. The third-order valence-corrected chi connectivity index (χ3v) is 2.86. The van der Waals surface area contributed by atoms with Gasteiger partial charge >= 0.3 is 0 Å². The predicted molar refractivity (Wildman–Crippen MR) is 53.8 cm³/mol. The molecule has 0 saturated carbocycles. The average Bonchev–Trinajstić information content (AvgIpc) is 2.44. The maximum atomic E-state index is 13.3. The van der Waals surface area contributed by atoms with Crippen LogP contribution in [-0.2, 0) is 6.54 Å². The summed E-state index contributed by atoms with van der Waals surface area (Å²) in [7, 11) is 0. The number of hydrogen-bond acceptors (Lipinski definition) is 1. The zero-order chi connectivity index (χ0) is 9.42. The highest BCUT2D eigenvalue weighted by atomic mass is 79.9. The zero-order valence-electron chi connectivity index (χ0n) is 6.77. The molecule has 13 heavy (non-hydrogen) atoms. The van der Waals surface area contributed by atoms with E-state index in [1.54, 1.807) is 6.07 Å². The number of hydrogen-bond donors (Lipinski definition) is 2. The molecule has 0 aliphatic rings. The zero-order valence-corrected chi connectivity index (χ0v) is 8.36. The number of fused-ring (bicyclic) bond motifs is 1. The van der Waals surface area contributed by atoms with Crippen LogP contribution in [0.4, 0.5) is 4.39 Å². The number of benzene rings is 1. The van der Waals surface area contributed by atoms with Crippen LogP contribution in [0.1, 0.15) is 5.69 Å². The molecule has 0 aliphatic heterocycles. The number of aromatic amines is 1. The van der Waals surface area contributed by atoms with E-state index >= 15 is 0 Å². The highest BCUT2D eigenvalue weighted by Crippen LogP contribution is 2.29. The predicted octanol–water partition coefficient (Wildman–Crippen LogP) is 2.53. The van der Waals surface area contributed by atoms with Crippen LogP contribution in [0.25, 0.3) is 10.9 Å². The molecule has 0 aliphatic carbocycles. The van der Waals surface area contributed by atoms with Gasteiger partial charge in [0.2, 0.25) is 0 Å². The van der Waals surface area contributed by atoms with Crippen molar-refractivity contribution in [2.24, 2.45) is 5.73 Å². The van der Waals surface area contributed by atoms with Gasteiger partial charge < -0.3 is 10.7 Å². The Morgan fingerprint density at radius 3 is 2.85 bits per heavy atom. The van der Waals surface area contributed by atoms with Gasteiger partial charge in [0.05, 0.1) is 4.47 Å². The fourth-order valence-electron chi connectivity index (χ4n) is 1.36. The van der Waals surface area contributed by atoms with Crippen LogP contribution >= 0.6 is 15.9 Å². The lowest BCUT2D eigenvalue weighted by molar-refractivity contribution is 0.639. The third-order valence-electron chi connectivity index (χ3n) is 1.99. The van der Waals surface area contributed by atoms with Crippen LogP contribution in [0, 0.1) is 5.82 Å². The van der Waals surface area contributed by atoms with Crippen molar-refractivity contribution in [3.05, 3.63) is 34.2 Å². The van der Waals surface area contributed by atoms with Crippen LogP contribution in [-0.4, -0.2) is 4.98 Å². The van der Waals surface area contributed by atoms with Crippen LogP contribution in [0.2, 0.25) is 0 Å². The fourth-order valence-corrected chi connectivity index (χ4v) is 2.02. The molecule has 0 unspecified atom stereocenters. The Hall–Kier alpha value is -0.870. The fraction of sp³-hybridized carbons (Fsp3) is 0.111. The Balaban J connectivity index is 2.85.